The van der Waals surface area contributed by atoms with Crippen molar-refractivity contribution in [2.24, 2.45) is 0 Å². The molecule has 0 aliphatic rings. The largest absolute Gasteiger partial charge is 0.310 e. The van der Waals surface area contributed by atoms with Crippen molar-refractivity contribution in [3.8, 4) is 44.5 Å². The summed E-state index contributed by atoms with van der Waals surface area (Å²) in [5, 5.41) is 7.53. The zero-order valence-corrected chi connectivity index (χ0v) is 30.3. The van der Waals surface area contributed by atoms with Crippen LogP contribution in [-0.2, 0) is 0 Å². The number of nitrogens with zero attached hydrogens (tertiary/aromatic N) is 1. The molecule has 0 aliphatic carbocycles. The fraction of sp³-hybridized carbons (Fsp3) is 0. The average molecular weight is 700 g/mol. The summed E-state index contributed by atoms with van der Waals surface area (Å²) >= 11 is 0. The van der Waals surface area contributed by atoms with Crippen LogP contribution in [0.15, 0.2) is 224 Å². The number of fused-ring (bicyclic) bond motifs is 4. The van der Waals surface area contributed by atoms with Gasteiger partial charge in [-0.2, -0.15) is 0 Å². The number of rotatable bonds is 7. The van der Waals surface area contributed by atoms with Crippen LogP contribution in [0.2, 0.25) is 0 Å². The Hall–Kier alpha value is -7.22. The van der Waals surface area contributed by atoms with E-state index in [0.717, 1.165) is 17.1 Å². The molecule has 10 aromatic carbocycles. The van der Waals surface area contributed by atoms with Gasteiger partial charge in [0.15, 0.2) is 0 Å². The minimum atomic E-state index is 1.09. The highest BCUT2D eigenvalue weighted by atomic mass is 15.1. The van der Waals surface area contributed by atoms with E-state index in [1.165, 1.54) is 76.8 Å². The summed E-state index contributed by atoms with van der Waals surface area (Å²) in [5.74, 6) is 0. The molecule has 0 amide bonds. The van der Waals surface area contributed by atoms with Crippen LogP contribution in [-0.4, -0.2) is 0 Å². The van der Waals surface area contributed by atoms with Gasteiger partial charge in [-0.25, -0.2) is 0 Å². The number of benzene rings is 10. The van der Waals surface area contributed by atoms with Crippen LogP contribution in [0.1, 0.15) is 0 Å². The molecule has 0 heterocycles. The predicted octanol–water partition coefficient (Wildman–Crippen LogP) is 15.3. The molecule has 0 unspecified atom stereocenters. The quantitative estimate of drug-likeness (QED) is 0.150. The van der Waals surface area contributed by atoms with Gasteiger partial charge in [0.05, 0.1) is 5.69 Å². The van der Waals surface area contributed by atoms with Crippen LogP contribution in [0.3, 0.4) is 0 Å². The highest BCUT2D eigenvalue weighted by molar-refractivity contribution is 6.14. The van der Waals surface area contributed by atoms with E-state index in [4.69, 9.17) is 0 Å². The van der Waals surface area contributed by atoms with Gasteiger partial charge in [-0.1, -0.05) is 188 Å². The molecular weight excluding hydrogens is 663 g/mol. The summed E-state index contributed by atoms with van der Waals surface area (Å²) < 4.78 is 0. The summed E-state index contributed by atoms with van der Waals surface area (Å²) in [5.41, 5.74) is 12.9. The summed E-state index contributed by atoms with van der Waals surface area (Å²) in [6.07, 6.45) is 0. The first-order chi connectivity index (χ1) is 27.3. The Morgan fingerprint density at radius 3 is 1.53 bits per heavy atom. The van der Waals surface area contributed by atoms with Gasteiger partial charge >= 0.3 is 0 Å². The summed E-state index contributed by atoms with van der Waals surface area (Å²) in [7, 11) is 0. The second-order valence-corrected chi connectivity index (χ2v) is 14.1. The molecule has 0 radical (unpaired) electrons. The Kier molecular flexibility index (Phi) is 8.24. The molecule has 0 bridgehead atoms. The van der Waals surface area contributed by atoms with Gasteiger partial charge in [-0.05, 0) is 108 Å². The first kappa shape index (κ1) is 32.4. The lowest BCUT2D eigenvalue weighted by molar-refractivity contribution is 1.28. The van der Waals surface area contributed by atoms with E-state index in [1.807, 2.05) is 0 Å². The first-order valence-electron chi connectivity index (χ1n) is 18.9. The first-order valence-corrected chi connectivity index (χ1v) is 18.9. The fourth-order valence-corrected chi connectivity index (χ4v) is 8.26. The van der Waals surface area contributed by atoms with Crippen LogP contribution in [0, 0.1) is 0 Å². The average Bonchev–Trinajstić information content (AvgIpc) is 3.27. The van der Waals surface area contributed by atoms with E-state index in [-0.39, 0.29) is 0 Å². The Morgan fingerprint density at radius 1 is 0.236 bits per heavy atom. The van der Waals surface area contributed by atoms with E-state index in [1.54, 1.807) is 0 Å². The van der Waals surface area contributed by atoms with Crippen molar-refractivity contribution in [2.45, 2.75) is 0 Å². The molecule has 0 atom stereocenters. The van der Waals surface area contributed by atoms with E-state index in [2.05, 4.69) is 229 Å². The van der Waals surface area contributed by atoms with Crippen molar-refractivity contribution >= 4 is 49.4 Å². The molecule has 0 aliphatic heterocycles. The van der Waals surface area contributed by atoms with Crippen molar-refractivity contribution < 1.29 is 0 Å². The topological polar surface area (TPSA) is 3.24 Å². The molecule has 0 spiro atoms. The molecule has 0 saturated carbocycles. The smallest absolute Gasteiger partial charge is 0.0540 e. The minimum absolute atomic E-state index is 1.09. The maximum absolute atomic E-state index is 2.43. The summed E-state index contributed by atoms with van der Waals surface area (Å²) in [6, 6.07) is 81.5. The monoisotopic (exact) mass is 699 g/mol. The Balaban J connectivity index is 1.19. The van der Waals surface area contributed by atoms with E-state index in [9.17, 15) is 0 Å². The predicted molar refractivity (Wildman–Crippen MR) is 235 cm³/mol. The van der Waals surface area contributed by atoms with Gasteiger partial charge in [-0.3, -0.25) is 0 Å². The van der Waals surface area contributed by atoms with Gasteiger partial charge in [0.1, 0.15) is 0 Å². The third kappa shape index (κ3) is 5.93. The molecule has 0 fully saturated rings. The standard InChI is InChI=1S/C54H37N/c1-3-16-38(17-4-1)47-35-34-44(37-53(47)40-18-5-2-6-19-40)55(54-29-14-13-27-51(54)49-28-15-22-39-20-7-9-23-45(39)49)43-32-30-41(31-33-43)52-36-42-21-8-10-24-46(42)48-25-11-12-26-50(48)52/h1-37H. The van der Waals surface area contributed by atoms with Gasteiger partial charge in [0, 0.05) is 16.9 Å². The van der Waals surface area contributed by atoms with Gasteiger partial charge in [-0.15, -0.1) is 0 Å². The van der Waals surface area contributed by atoms with Crippen LogP contribution < -0.4 is 4.90 Å². The van der Waals surface area contributed by atoms with E-state index < -0.39 is 0 Å². The second kappa shape index (κ2) is 14.0. The van der Waals surface area contributed by atoms with Gasteiger partial charge < -0.3 is 4.90 Å². The third-order valence-electron chi connectivity index (χ3n) is 10.9. The Labute approximate surface area is 322 Å². The lowest BCUT2D eigenvalue weighted by Gasteiger charge is -2.29. The lowest BCUT2D eigenvalue weighted by atomic mass is 9.92. The molecule has 0 aromatic heterocycles. The molecule has 10 aromatic rings. The van der Waals surface area contributed by atoms with Crippen LogP contribution in [0.4, 0.5) is 17.1 Å². The maximum Gasteiger partial charge on any atom is 0.0540 e. The zero-order chi connectivity index (χ0) is 36.6. The van der Waals surface area contributed by atoms with Gasteiger partial charge in [0.25, 0.3) is 0 Å². The number of anilines is 3. The van der Waals surface area contributed by atoms with Gasteiger partial charge in [0.2, 0.25) is 0 Å². The normalized spacial score (nSPS) is 11.3. The van der Waals surface area contributed by atoms with Crippen LogP contribution in [0.25, 0.3) is 76.8 Å². The molecule has 1 heteroatoms. The molecule has 55 heavy (non-hydrogen) atoms. The van der Waals surface area contributed by atoms with Crippen LogP contribution >= 0.6 is 0 Å². The SMILES string of the molecule is c1ccc(-c2ccc(N(c3ccc(-c4cc5ccccc5c5ccccc45)cc3)c3ccccc3-c3cccc4ccccc34)cc2-c2ccccc2)cc1. The molecule has 0 saturated heterocycles. The van der Waals surface area contributed by atoms with E-state index >= 15 is 0 Å². The maximum atomic E-state index is 2.43. The molecule has 10 rings (SSSR count). The third-order valence-corrected chi connectivity index (χ3v) is 10.9. The molecule has 0 N–H and O–H groups in total. The van der Waals surface area contributed by atoms with Crippen molar-refractivity contribution in [1.29, 1.82) is 0 Å². The highest BCUT2D eigenvalue weighted by Gasteiger charge is 2.21. The second-order valence-electron chi connectivity index (χ2n) is 14.1. The van der Waals surface area contributed by atoms with Crippen molar-refractivity contribution in [3.05, 3.63) is 224 Å². The lowest BCUT2D eigenvalue weighted by Crippen LogP contribution is -2.11. The fourth-order valence-electron chi connectivity index (χ4n) is 8.26. The number of hydrogen-bond donors (Lipinski definition) is 0. The van der Waals surface area contributed by atoms with E-state index in [0.29, 0.717) is 0 Å². The number of para-hydroxylation sites is 1. The molecule has 1 nitrogen and oxygen atoms in total. The molecule has 258 valence electrons. The highest BCUT2D eigenvalue weighted by Crippen LogP contribution is 2.46. The van der Waals surface area contributed by atoms with Crippen molar-refractivity contribution in [3.63, 3.8) is 0 Å². The Bertz CT molecular complexity index is 2960. The van der Waals surface area contributed by atoms with Crippen molar-refractivity contribution in [1.82, 2.24) is 0 Å². The van der Waals surface area contributed by atoms with Crippen molar-refractivity contribution in [2.75, 3.05) is 4.90 Å². The minimum Gasteiger partial charge on any atom is -0.310 e. The molecular formula is C54H37N. The number of hydrogen-bond acceptors (Lipinski definition) is 1. The summed E-state index contributed by atoms with van der Waals surface area (Å²) in [4.78, 5) is 2.43. The summed E-state index contributed by atoms with van der Waals surface area (Å²) in [6.45, 7) is 0. The zero-order valence-electron chi connectivity index (χ0n) is 30.3. The Morgan fingerprint density at radius 2 is 0.764 bits per heavy atom. The van der Waals surface area contributed by atoms with Crippen LogP contribution in [0.5, 0.6) is 0 Å².